The molecule has 2 aliphatic rings. The van der Waals surface area contributed by atoms with E-state index in [1.165, 1.54) is 62.6 Å². The first-order valence-electron chi connectivity index (χ1n) is 10.6. The fraction of sp³-hybridized carbons (Fsp3) is 0.304. The van der Waals surface area contributed by atoms with Gasteiger partial charge in [0, 0.05) is 18.7 Å². The molecule has 1 unspecified atom stereocenters. The minimum absolute atomic E-state index is 0.0327. The van der Waals surface area contributed by atoms with Gasteiger partial charge in [-0.3, -0.25) is 14.4 Å². The molecule has 1 heterocycles. The zero-order valence-electron chi connectivity index (χ0n) is 18.6. The Labute approximate surface area is 196 Å². The van der Waals surface area contributed by atoms with Gasteiger partial charge in [0.05, 0.1) is 29.7 Å². The van der Waals surface area contributed by atoms with E-state index in [2.05, 4.69) is 10.1 Å². The molecule has 2 fully saturated rings. The number of esters is 1. The predicted octanol–water partition coefficient (Wildman–Crippen LogP) is 1.92. The summed E-state index contributed by atoms with van der Waals surface area (Å²) in [5.74, 6) is -2.01. The van der Waals surface area contributed by atoms with Gasteiger partial charge in [-0.25, -0.2) is 18.1 Å². The highest BCUT2D eigenvalue weighted by Gasteiger charge is 2.51. The van der Waals surface area contributed by atoms with Crippen molar-refractivity contribution in [1.29, 1.82) is 0 Å². The summed E-state index contributed by atoms with van der Waals surface area (Å²) in [6.07, 6.45) is 0.904. The van der Waals surface area contributed by atoms with Crippen LogP contribution < -0.4 is 10.2 Å². The average Bonchev–Trinajstić information content (AvgIpc) is 3.58. The van der Waals surface area contributed by atoms with Crippen LogP contribution in [0.3, 0.4) is 0 Å². The number of sulfonamides is 1. The summed E-state index contributed by atoms with van der Waals surface area (Å²) < 4.78 is 32.8. The molecule has 0 bridgehead atoms. The first-order valence-corrected chi connectivity index (χ1v) is 12.0. The lowest BCUT2D eigenvalue weighted by Gasteiger charge is -2.27. The lowest BCUT2D eigenvalue weighted by molar-refractivity contribution is -0.122. The van der Waals surface area contributed by atoms with Crippen LogP contribution >= 0.6 is 0 Å². The van der Waals surface area contributed by atoms with E-state index in [1.807, 2.05) is 0 Å². The van der Waals surface area contributed by atoms with Crippen LogP contribution in [-0.4, -0.2) is 55.6 Å². The fourth-order valence-corrected chi connectivity index (χ4v) is 5.76. The van der Waals surface area contributed by atoms with Crippen molar-refractivity contribution >= 4 is 45.1 Å². The Morgan fingerprint density at radius 1 is 1.03 bits per heavy atom. The zero-order chi connectivity index (χ0) is 24.6. The Kier molecular flexibility index (Phi) is 6.24. The smallest absolute Gasteiger partial charge is 0.337 e. The maximum Gasteiger partial charge on any atom is 0.337 e. The second kappa shape index (κ2) is 8.99. The summed E-state index contributed by atoms with van der Waals surface area (Å²) in [4.78, 5) is 49.9. The molecule has 34 heavy (non-hydrogen) atoms. The molecule has 1 atom stereocenters. The molecule has 0 radical (unpaired) electrons. The third-order valence-corrected chi connectivity index (χ3v) is 7.61. The Morgan fingerprint density at radius 2 is 1.65 bits per heavy atom. The lowest BCUT2D eigenvalue weighted by Crippen LogP contribution is -2.46. The molecule has 3 amide bonds. The SMILES string of the molecule is COC(=O)c1ccc(N2C(=O)CC(N(C3CC3)S(=O)(=O)c3ccc(NC(C)=O)cc3)C2=O)cc1. The highest BCUT2D eigenvalue weighted by molar-refractivity contribution is 7.89. The molecule has 11 heteroatoms. The minimum Gasteiger partial charge on any atom is -0.465 e. The molecule has 1 aliphatic heterocycles. The van der Waals surface area contributed by atoms with E-state index < -0.39 is 33.8 Å². The molecule has 2 aromatic rings. The van der Waals surface area contributed by atoms with Crippen LogP contribution in [0.5, 0.6) is 0 Å². The normalized spacial score (nSPS) is 18.3. The second-order valence-corrected chi connectivity index (χ2v) is 9.94. The van der Waals surface area contributed by atoms with E-state index in [1.54, 1.807) is 0 Å². The third-order valence-electron chi connectivity index (χ3n) is 5.63. The monoisotopic (exact) mass is 485 g/mol. The molecule has 1 aliphatic carbocycles. The molecule has 1 saturated heterocycles. The van der Waals surface area contributed by atoms with E-state index in [9.17, 15) is 27.6 Å². The number of methoxy groups -OCH3 is 1. The molecule has 2 aromatic carbocycles. The van der Waals surface area contributed by atoms with Gasteiger partial charge in [0.1, 0.15) is 6.04 Å². The van der Waals surface area contributed by atoms with Crippen molar-refractivity contribution in [2.75, 3.05) is 17.3 Å². The van der Waals surface area contributed by atoms with Crippen LogP contribution in [0.25, 0.3) is 0 Å². The first kappa shape index (κ1) is 23.6. The first-order chi connectivity index (χ1) is 16.1. The number of rotatable bonds is 7. The van der Waals surface area contributed by atoms with Crippen LogP contribution in [0.4, 0.5) is 11.4 Å². The van der Waals surface area contributed by atoms with E-state index in [0.717, 1.165) is 9.21 Å². The number of carbonyl (C=O) groups is 4. The Bertz CT molecular complexity index is 1250. The van der Waals surface area contributed by atoms with Gasteiger partial charge >= 0.3 is 5.97 Å². The van der Waals surface area contributed by atoms with Crippen molar-refractivity contribution in [3.05, 3.63) is 54.1 Å². The molecule has 10 nitrogen and oxygen atoms in total. The molecular weight excluding hydrogens is 462 g/mol. The van der Waals surface area contributed by atoms with Crippen molar-refractivity contribution in [2.24, 2.45) is 0 Å². The fourth-order valence-electron chi connectivity index (χ4n) is 3.93. The van der Waals surface area contributed by atoms with Gasteiger partial charge in [0.25, 0.3) is 5.91 Å². The topological polar surface area (TPSA) is 130 Å². The van der Waals surface area contributed by atoms with Gasteiger partial charge in [0.2, 0.25) is 21.8 Å². The largest absolute Gasteiger partial charge is 0.465 e. The average molecular weight is 486 g/mol. The second-order valence-electron chi connectivity index (χ2n) is 8.10. The van der Waals surface area contributed by atoms with Crippen LogP contribution in [0.15, 0.2) is 53.4 Å². The van der Waals surface area contributed by atoms with Crippen LogP contribution in [-0.2, 0) is 29.1 Å². The highest BCUT2D eigenvalue weighted by atomic mass is 32.2. The van der Waals surface area contributed by atoms with Gasteiger partial charge in [-0.15, -0.1) is 0 Å². The summed E-state index contributed by atoms with van der Waals surface area (Å²) in [6.45, 7) is 1.34. The minimum atomic E-state index is -4.09. The summed E-state index contributed by atoms with van der Waals surface area (Å²) in [5.41, 5.74) is 0.947. The number of nitrogens with zero attached hydrogens (tertiary/aromatic N) is 2. The van der Waals surface area contributed by atoms with Crippen molar-refractivity contribution in [2.45, 2.75) is 43.2 Å². The Morgan fingerprint density at radius 3 is 2.18 bits per heavy atom. The number of hydrogen-bond acceptors (Lipinski definition) is 7. The van der Waals surface area contributed by atoms with Gasteiger partial charge in [-0.05, 0) is 61.4 Å². The molecule has 0 aromatic heterocycles. The molecule has 178 valence electrons. The molecule has 4 rings (SSSR count). The van der Waals surface area contributed by atoms with E-state index >= 15 is 0 Å². The summed E-state index contributed by atoms with van der Waals surface area (Å²) in [7, 11) is -2.85. The van der Waals surface area contributed by atoms with Gasteiger partial charge in [0.15, 0.2) is 0 Å². The number of ether oxygens (including phenoxy) is 1. The predicted molar refractivity (Wildman–Crippen MR) is 121 cm³/mol. The molecular formula is C23H23N3O7S. The molecule has 0 spiro atoms. The molecule has 1 saturated carbocycles. The summed E-state index contributed by atoms with van der Waals surface area (Å²) >= 11 is 0. The molecule has 1 N–H and O–H groups in total. The number of anilines is 2. The standard InChI is InChI=1S/C23H23N3O7S/c1-14(27)24-16-5-11-19(12-6-16)34(31,32)26(18-9-10-18)20-13-21(28)25(22(20)29)17-7-3-15(4-8-17)23(30)33-2/h3-8,11-12,18,20H,9-10,13H2,1-2H3,(H,24,27). The van der Waals surface area contributed by atoms with Gasteiger partial charge in [-0.1, -0.05) is 0 Å². The van der Waals surface area contributed by atoms with E-state index in [-0.39, 0.29) is 34.5 Å². The number of carbonyl (C=O) groups excluding carboxylic acids is 4. The Hall–Kier alpha value is -3.57. The van der Waals surface area contributed by atoms with E-state index in [0.29, 0.717) is 18.5 Å². The zero-order valence-corrected chi connectivity index (χ0v) is 19.4. The van der Waals surface area contributed by atoms with Crippen molar-refractivity contribution in [3.8, 4) is 0 Å². The van der Waals surface area contributed by atoms with Crippen molar-refractivity contribution in [3.63, 3.8) is 0 Å². The number of amides is 3. The third kappa shape index (κ3) is 4.44. The quantitative estimate of drug-likeness (QED) is 0.468. The summed E-state index contributed by atoms with van der Waals surface area (Å²) in [5, 5.41) is 2.57. The van der Waals surface area contributed by atoms with Crippen LogP contribution in [0.1, 0.15) is 36.5 Å². The number of nitrogens with one attached hydrogen (secondary N) is 1. The lowest BCUT2D eigenvalue weighted by atomic mass is 10.2. The van der Waals surface area contributed by atoms with Crippen LogP contribution in [0, 0.1) is 0 Å². The van der Waals surface area contributed by atoms with Crippen molar-refractivity contribution in [1.82, 2.24) is 4.31 Å². The van der Waals surface area contributed by atoms with Crippen molar-refractivity contribution < 1.29 is 32.3 Å². The number of imide groups is 1. The highest BCUT2D eigenvalue weighted by Crippen LogP contribution is 2.38. The number of benzene rings is 2. The maximum atomic E-state index is 13.5. The maximum absolute atomic E-state index is 13.5. The van der Waals surface area contributed by atoms with Crippen LogP contribution in [0.2, 0.25) is 0 Å². The van der Waals surface area contributed by atoms with E-state index in [4.69, 9.17) is 0 Å². The Balaban J connectivity index is 1.61. The summed E-state index contributed by atoms with van der Waals surface area (Å²) in [6, 6.07) is 9.88. The van der Waals surface area contributed by atoms with Gasteiger partial charge in [-0.2, -0.15) is 4.31 Å². The number of hydrogen-bond donors (Lipinski definition) is 1. The van der Waals surface area contributed by atoms with Gasteiger partial charge < -0.3 is 10.1 Å².